The molecule has 2 heteroatoms. The van der Waals surface area contributed by atoms with Crippen LogP contribution in [-0.4, -0.2) is 21.0 Å². The molecule has 0 unspecified atom stereocenters. The van der Waals surface area contributed by atoms with Crippen LogP contribution in [0.4, 0.5) is 0 Å². The van der Waals surface area contributed by atoms with Crippen LogP contribution >= 0.6 is 0 Å². The molecule has 0 nitrogen and oxygen atoms in total. The Bertz CT molecular complexity index is 218. The Morgan fingerprint density at radius 2 is 1.80 bits per heavy atom. The van der Waals surface area contributed by atoms with Gasteiger partial charge in [0, 0.05) is 0 Å². The van der Waals surface area contributed by atoms with E-state index in [9.17, 15) is 0 Å². The van der Waals surface area contributed by atoms with Gasteiger partial charge in [0.25, 0.3) is 0 Å². The van der Waals surface area contributed by atoms with Crippen LogP contribution in [0.3, 0.4) is 0 Å². The fraction of sp³-hybridized carbons (Fsp3) is 0.375. The van der Waals surface area contributed by atoms with E-state index in [1.165, 1.54) is 5.20 Å². The fourth-order valence-electron chi connectivity index (χ4n) is 0.959. The van der Waals surface area contributed by atoms with Crippen LogP contribution in [0.5, 0.6) is 0 Å². The van der Waals surface area contributed by atoms with E-state index in [1.54, 1.807) is 0 Å². The average Bonchev–Trinajstić information content (AvgIpc) is 2.11. The molecule has 0 spiro atoms. The molecule has 0 radical (unpaired) electrons. The van der Waals surface area contributed by atoms with Crippen molar-refractivity contribution >= 4 is 21.0 Å². The topological polar surface area (TPSA) is 0 Å². The van der Waals surface area contributed by atoms with Crippen molar-refractivity contribution in [3.63, 3.8) is 0 Å². The zero-order valence-corrected chi connectivity index (χ0v) is 7.94. The summed E-state index contributed by atoms with van der Waals surface area (Å²) in [5, 5.41) is 1.51. The van der Waals surface area contributed by atoms with Gasteiger partial charge in [0.2, 0.25) is 0 Å². The molecule has 52 valence electrons. The van der Waals surface area contributed by atoms with E-state index < -0.39 is 8.07 Å². The van der Waals surface area contributed by atoms with Crippen molar-refractivity contribution in [1.29, 1.82) is 0 Å². The Balaban J connectivity index is 2.88. The SMILES string of the molecule is B=C1C=CC([Si](C)(C)C)=C1. The molecule has 0 saturated heterocycles. The van der Waals surface area contributed by atoms with Crippen molar-refractivity contribution in [2.24, 2.45) is 0 Å². The predicted molar refractivity (Wildman–Crippen MR) is 52.7 cm³/mol. The normalized spacial score (nSPS) is 17.8. The van der Waals surface area contributed by atoms with Gasteiger partial charge in [-0.1, -0.05) is 0 Å². The minimum absolute atomic E-state index is 1.05. The van der Waals surface area contributed by atoms with Gasteiger partial charge in [0.1, 0.15) is 0 Å². The summed E-state index contributed by atoms with van der Waals surface area (Å²) in [7, 11) is 2.82. The molecule has 0 aromatic rings. The second-order valence-electron chi connectivity index (χ2n) is 3.76. The van der Waals surface area contributed by atoms with Crippen molar-refractivity contribution in [1.82, 2.24) is 0 Å². The number of rotatable bonds is 1. The number of allylic oxidation sites excluding steroid dienone is 4. The molecule has 0 N–H and O–H groups in total. The molecular formula is C8H13BSi. The molecule has 0 amide bonds. The van der Waals surface area contributed by atoms with Gasteiger partial charge in [0.15, 0.2) is 0 Å². The number of hydrogen-bond donors (Lipinski definition) is 0. The molecule has 0 aromatic heterocycles. The summed E-state index contributed by atoms with van der Waals surface area (Å²) in [5.41, 5.74) is 1.15. The molecule has 0 heterocycles. The molecular weight excluding hydrogens is 135 g/mol. The molecule has 0 fully saturated rings. The molecule has 1 aliphatic rings. The molecule has 1 aliphatic carbocycles. The predicted octanol–water partition coefficient (Wildman–Crippen LogP) is 1.43. The summed E-state index contributed by atoms with van der Waals surface area (Å²) in [6.45, 7) is 7.05. The minimum atomic E-state index is -1.05. The molecule has 0 saturated carbocycles. The van der Waals surface area contributed by atoms with Crippen LogP contribution in [0.1, 0.15) is 0 Å². The molecule has 10 heavy (non-hydrogen) atoms. The second kappa shape index (κ2) is 2.35. The van der Waals surface area contributed by atoms with Crippen LogP contribution in [-0.2, 0) is 0 Å². The Morgan fingerprint density at radius 3 is 2.00 bits per heavy atom. The summed E-state index contributed by atoms with van der Waals surface area (Å²) in [4.78, 5) is 0. The van der Waals surface area contributed by atoms with Gasteiger partial charge in [-0.05, 0) is 0 Å². The molecule has 0 bridgehead atoms. The summed E-state index contributed by atoms with van der Waals surface area (Å²) >= 11 is 0. The summed E-state index contributed by atoms with van der Waals surface area (Å²) in [6, 6.07) is 0. The van der Waals surface area contributed by atoms with Crippen LogP contribution in [0.2, 0.25) is 19.6 Å². The summed E-state index contributed by atoms with van der Waals surface area (Å²) in [5.74, 6) is 0. The Kier molecular flexibility index (Phi) is 1.82. The molecule has 0 aliphatic heterocycles. The van der Waals surface area contributed by atoms with E-state index in [0.717, 1.165) is 5.46 Å². The van der Waals surface area contributed by atoms with Gasteiger partial charge in [-0.15, -0.1) is 0 Å². The van der Waals surface area contributed by atoms with Gasteiger partial charge < -0.3 is 0 Å². The number of hydrogen-bond acceptors (Lipinski definition) is 0. The van der Waals surface area contributed by atoms with Crippen molar-refractivity contribution in [3.05, 3.63) is 23.4 Å². The van der Waals surface area contributed by atoms with E-state index in [4.69, 9.17) is 0 Å². The third-order valence-electron chi connectivity index (χ3n) is 1.68. The zero-order valence-electron chi connectivity index (χ0n) is 6.94. The molecule has 0 atom stereocenters. The van der Waals surface area contributed by atoms with E-state index in [-0.39, 0.29) is 0 Å². The first-order valence-electron chi connectivity index (χ1n) is 3.59. The van der Waals surface area contributed by atoms with Gasteiger partial charge in [-0.25, -0.2) is 0 Å². The first kappa shape index (κ1) is 7.74. The van der Waals surface area contributed by atoms with Crippen LogP contribution in [0, 0.1) is 0 Å². The molecule has 1 rings (SSSR count). The van der Waals surface area contributed by atoms with Crippen LogP contribution < -0.4 is 0 Å². The van der Waals surface area contributed by atoms with Gasteiger partial charge in [-0.2, -0.15) is 0 Å². The first-order chi connectivity index (χ1) is 4.50. The maximum absolute atomic E-state index is 3.88. The Labute approximate surface area is 64.7 Å². The van der Waals surface area contributed by atoms with E-state index in [0.29, 0.717) is 0 Å². The van der Waals surface area contributed by atoms with Crippen molar-refractivity contribution in [2.45, 2.75) is 19.6 Å². The third-order valence-corrected chi connectivity index (χ3v) is 3.73. The van der Waals surface area contributed by atoms with E-state index in [2.05, 4.69) is 45.4 Å². The first-order valence-corrected chi connectivity index (χ1v) is 7.09. The van der Waals surface area contributed by atoms with Crippen LogP contribution in [0.15, 0.2) is 23.4 Å². The molecule has 0 aromatic carbocycles. The van der Waals surface area contributed by atoms with Crippen molar-refractivity contribution < 1.29 is 0 Å². The van der Waals surface area contributed by atoms with Crippen molar-refractivity contribution in [2.75, 3.05) is 0 Å². The summed E-state index contributed by atoms with van der Waals surface area (Å²) < 4.78 is 0. The quantitative estimate of drug-likeness (QED) is 0.493. The van der Waals surface area contributed by atoms with Gasteiger partial charge in [0.05, 0.1) is 0 Å². The zero-order chi connectivity index (χ0) is 7.78. The fourth-order valence-corrected chi connectivity index (χ4v) is 2.16. The van der Waals surface area contributed by atoms with E-state index >= 15 is 0 Å². The van der Waals surface area contributed by atoms with Gasteiger partial charge >= 0.3 is 64.1 Å². The van der Waals surface area contributed by atoms with E-state index in [1.807, 2.05) is 0 Å². The third kappa shape index (κ3) is 1.57. The standard InChI is InChI=1S/C8H13BSi/c1-10(2,3)8-5-4-7(9)6-8/h4-6,9H,1-3H3. The maximum atomic E-state index is 3.88. The van der Waals surface area contributed by atoms with Gasteiger partial charge in [-0.3, -0.25) is 0 Å². The Hall–Kier alpha value is -0.368. The Morgan fingerprint density at radius 1 is 1.20 bits per heavy atom. The summed E-state index contributed by atoms with van der Waals surface area (Å²) in [6.07, 6.45) is 6.49. The second-order valence-corrected chi connectivity index (χ2v) is 8.84. The van der Waals surface area contributed by atoms with Crippen LogP contribution in [0.25, 0.3) is 0 Å². The average molecular weight is 148 g/mol. The monoisotopic (exact) mass is 148 g/mol. The van der Waals surface area contributed by atoms with Crippen molar-refractivity contribution in [3.8, 4) is 0 Å².